The van der Waals surface area contributed by atoms with Gasteiger partial charge < -0.3 is 19.7 Å². The molecule has 0 saturated carbocycles. The SMILES string of the molecule is COc1ccc(NC(=O)[C@@H]2OCC(=O)N(C)[C@@H]2c2ccccc2)cc1. The largest absolute Gasteiger partial charge is 0.497 e. The molecule has 0 unspecified atom stereocenters. The zero-order valence-electron chi connectivity index (χ0n) is 14.1. The predicted molar refractivity (Wildman–Crippen MR) is 93.3 cm³/mol. The minimum atomic E-state index is -0.785. The maximum atomic E-state index is 12.8. The molecule has 1 aliphatic heterocycles. The van der Waals surface area contributed by atoms with Gasteiger partial charge in [-0.05, 0) is 29.8 Å². The van der Waals surface area contributed by atoms with Gasteiger partial charge in [0.1, 0.15) is 12.4 Å². The molecule has 0 aliphatic carbocycles. The lowest BCUT2D eigenvalue weighted by Gasteiger charge is -2.38. The number of hydrogen-bond acceptors (Lipinski definition) is 4. The first-order chi connectivity index (χ1) is 12.1. The highest BCUT2D eigenvalue weighted by atomic mass is 16.5. The lowest BCUT2D eigenvalue weighted by atomic mass is 9.97. The van der Waals surface area contributed by atoms with E-state index in [1.165, 1.54) is 0 Å². The fourth-order valence-corrected chi connectivity index (χ4v) is 2.87. The molecular formula is C19H20N2O4. The molecule has 3 rings (SSSR count). The fraction of sp³-hybridized carbons (Fsp3) is 0.263. The van der Waals surface area contributed by atoms with Crippen molar-refractivity contribution in [1.29, 1.82) is 0 Å². The summed E-state index contributed by atoms with van der Waals surface area (Å²) in [6.07, 6.45) is -0.785. The first-order valence-corrected chi connectivity index (χ1v) is 7.97. The van der Waals surface area contributed by atoms with Crippen molar-refractivity contribution in [1.82, 2.24) is 4.90 Å². The van der Waals surface area contributed by atoms with Crippen molar-refractivity contribution in [2.45, 2.75) is 12.1 Å². The third kappa shape index (κ3) is 3.64. The highest BCUT2D eigenvalue weighted by Crippen LogP contribution is 2.29. The molecule has 25 heavy (non-hydrogen) atoms. The van der Waals surface area contributed by atoms with Gasteiger partial charge in [0.2, 0.25) is 5.91 Å². The average molecular weight is 340 g/mol. The summed E-state index contributed by atoms with van der Waals surface area (Å²) < 4.78 is 10.7. The Morgan fingerprint density at radius 3 is 2.48 bits per heavy atom. The van der Waals surface area contributed by atoms with Crippen LogP contribution in [0.4, 0.5) is 5.69 Å². The number of nitrogens with zero attached hydrogens (tertiary/aromatic N) is 1. The summed E-state index contributed by atoms with van der Waals surface area (Å²) >= 11 is 0. The topological polar surface area (TPSA) is 67.9 Å². The number of methoxy groups -OCH3 is 1. The second-order valence-corrected chi connectivity index (χ2v) is 5.81. The molecule has 2 amide bonds. The molecule has 2 aromatic carbocycles. The van der Waals surface area contributed by atoms with E-state index in [-0.39, 0.29) is 18.4 Å². The number of benzene rings is 2. The van der Waals surface area contributed by atoms with Gasteiger partial charge in [0.05, 0.1) is 13.2 Å². The van der Waals surface area contributed by atoms with Gasteiger partial charge in [0.25, 0.3) is 5.91 Å². The molecule has 0 bridgehead atoms. The zero-order chi connectivity index (χ0) is 17.8. The number of anilines is 1. The van der Waals surface area contributed by atoms with Crippen molar-refractivity contribution in [3.05, 3.63) is 60.2 Å². The number of ether oxygens (including phenoxy) is 2. The highest BCUT2D eigenvalue weighted by Gasteiger charge is 2.39. The minimum absolute atomic E-state index is 0.111. The van der Waals surface area contributed by atoms with Gasteiger partial charge in [-0.15, -0.1) is 0 Å². The first kappa shape index (κ1) is 17.0. The van der Waals surface area contributed by atoms with Crippen molar-refractivity contribution in [2.24, 2.45) is 0 Å². The van der Waals surface area contributed by atoms with E-state index in [0.29, 0.717) is 11.4 Å². The monoisotopic (exact) mass is 340 g/mol. The number of carbonyl (C=O) groups excluding carboxylic acids is 2. The molecule has 1 aliphatic rings. The maximum absolute atomic E-state index is 12.8. The number of rotatable bonds is 4. The van der Waals surface area contributed by atoms with Crippen LogP contribution < -0.4 is 10.1 Å². The number of nitrogens with one attached hydrogen (secondary N) is 1. The van der Waals surface area contributed by atoms with Gasteiger partial charge in [0.15, 0.2) is 6.10 Å². The number of likely N-dealkylation sites (N-methyl/N-ethyl adjacent to an activating group) is 1. The van der Waals surface area contributed by atoms with Crippen molar-refractivity contribution in [3.63, 3.8) is 0 Å². The van der Waals surface area contributed by atoms with Crippen molar-refractivity contribution in [2.75, 3.05) is 26.1 Å². The fourth-order valence-electron chi connectivity index (χ4n) is 2.87. The van der Waals surface area contributed by atoms with Crippen LogP contribution in [0, 0.1) is 0 Å². The smallest absolute Gasteiger partial charge is 0.256 e. The molecule has 1 N–H and O–H groups in total. The lowest BCUT2D eigenvalue weighted by Crippen LogP contribution is -2.51. The van der Waals surface area contributed by atoms with Gasteiger partial charge in [-0.2, -0.15) is 0 Å². The zero-order valence-corrected chi connectivity index (χ0v) is 14.1. The summed E-state index contributed by atoms with van der Waals surface area (Å²) in [5, 5.41) is 2.84. The Morgan fingerprint density at radius 1 is 1.16 bits per heavy atom. The Labute approximate surface area is 146 Å². The van der Waals surface area contributed by atoms with Gasteiger partial charge in [-0.1, -0.05) is 30.3 Å². The van der Waals surface area contributed by atoms with Gasteiger partial charge in [0, 0.05) is 12.7 Å². The third-order valence-electron chi connectivity index (χ3n) is 4.24. The lowest BCUT2D eigenvalue weighted by molar-refractivity contribution is -0.160. The van der Waals surface area contributed by atoms with Gasteiger partial charge in [-0.25, -0.2) is 0 Å². The highest BCUT2D eigenvalue weighted by molar-refractivity contribution is 5.96. The first-order valence-electron chi connectivity index (χ1n) is 7.97. The van der Waals surface area contributed by atoms with Crippen LogP contribution in [0.15, 0.2) is 54.6 Å². The van der Waals surface area contributed by atoms with Crippen LogP contribution in [0.1, 0.15) is 11.6 Å². The Bertz CT molecular complexity index is 746. The molecule has 130 valence electrons. The Kier molecular flexibility index (Phi) is 5.00. The van der Waals surface area contributed by atoms with Crippen LogP contribution in [-0.2, 0) is 14.3 Å². The van der Waals surface area contributed by atoms with E-state index in [4.69, 9.17) is 9.47 Å². The van der Waals surface area contributed by atoms with E-state index in [1.54, 1.807) is 43.3 Å². The summed E-state index contributed by atoms with van der Waals surface area (Å²) in [5.41, 5.74) is 1.49. The van der Waals surface area contributed by atoms with Crippen LogP contribution in [0.2, 0.25) is 0 Å². The normalized spacial score (nSPS) is 20.2. The van der Waals surface area contributed by atoms with Crippen LogP contribution in [0.25, 0.3) is 0 Å². The molecule has 6 heteroatoms. The molecule has 0 spiro atoms. The molecule has 1 fully saturated rings. The molecule has 0 radical (unpaired) electrons. The number of morpholine rings is 1. The van der Waals surface area contributed by atoms with E-state index >= 15 is 0 Å². The molecule has 1 saturated heterocycles. The Hall–Kier alpha value is -2.86. The summed E-state index contributed by atoms with van der Waals surface area (Å²) in [5.74, 6) is 0.264. The van der Waals surface area contributed by atoms with Crippen molar-refractivity contribution >= 4 is 17.5 Å². The Balaban J connectivity index is 1.82. The van der Waals surface area contributed by atoms with Crippen LogP contribution in [0.3, 0.4) is 0 Å². The Morgan fingerprint density at radius 2 is 1.84 bits per heavy atom. The van der Waals surface area contributed by atoms with Crippen molar-refractivity contribution < 1.29 is 19.1 Å². The predicted octanol–water partition coefficient (Wildman–Crippen LogP) is 2.23. The number of carbonyl (C=O) groups is 2. The van der Waals surface area contributed by atoms with E-state index in [2.05, 4.69) is 5.32 Å². The summed E-state index contributed by atoms with van der Waals surface area (Å²) in [4.78, 5) is 26.3. The van der Waals surface area contributed by atoms with Gasteiger partial charge in [-0.3, -0.25) is 9.59 Å². The number of amides is 2. The minimum Gasteiger partial charge on any atom is -0.497 e. The van der Waals surface area contributed by atoms with Crippen LogP contribution in [0.5, 0.6) is 5.75 Å². The van der Waals surface area contributed by atoms with Crippen LogP contribution in [-0.4, -0.2) is 43.6 Å². The quantitative estimate of drug-likeness (QED) is 0.927. The number of hydrogen-bond donors (Lipinski definition) is 1. The molecule has 2 atom stereocenters. The molecule has 1 heterocycles. The summed E-state index contributed by atoms with van der Waals surface area (Å²) in [7, 11) is 3.27. The molecule has 2 aromatic rings. The second-order valence-electron chi connectivity index (χ2n) is 5.81. The average Bonchev–Trinajstić information content (AvgIpc) is 2.65. The van der Waals surface area contributed by atoms with E-state index in [9.17, 15) is 9.59 Å². The standard InChI is InChI=1S/C19H20N2O4/c1-21-16(22)12-25-18(17(21)13-6-4-3-5-7-13)19(23)20-14-8-10-15(24-2)11-9-14/h3-11,17-18H,12H2,1-2H3,(H,20,23)/t17-,18-/m1/s1. The van der Waals surface area contributed by atoms with Gasteiger partial charge >= 0.3 is 0 Å². The summed E-state index contributed by atoms with van der Waals surface area (Å²) in [6, 6.07) is 16.0. The second kappa shape index (κ2) is 7.36. The van der Waals surface area contributed by atoms with Crippen molar-refractivity contribution in [3.8, 4) is 5.75 Å². The van der Waals surface area contributed by atoms with E-state index < -0.39 is 12.1 Å². The molecule has 0 aromatic heterocycles. The summed E-state index contributed by atoms with van der Waals surface area (Å²) in [6.45, 7) is -0.111. The molecule has 6 nitrogen and oxygen atoms in total. The molecular weight excluding hydrogens is 320 g/mol. The maximum Gasteiger partial charge on any atom is 0.256 e. The van der Waals surface area contributed by atoms with Crippen LogP contribution >= 0.6 is 0 Å². The van der Waals surface area contributed by atoms with E-state index in [1.807, 2.05) is 30.3 Å². The van der Waals surface area contributed by atoms with E-state index in [0.717, 1.165) is 5.56 Å². The third-order valence-corrected chi connectivity index (χ3v) is 4.24.